The maximum atomic E-state index is 12.9. The van der Waals surface area contributed by atoms with Crippen molar-refractivity contribution < 1.29 is 13.9 Å². The number of hydrogen-bond donors (Lipinski definition) is 0. The van der Waals surface area contributed by atoms with Crippen molar-refractivity contribution in [3.8, 4) is 0 Å². The van der Waals surface area contributed by atoms with E-state index < -0.39 is 5.97 Å². The fourth-order valence-corrected chi connectivity index (χ4v) is 1.66. The van der Waals surface area contributed by atoms with Gasteiger partial charge in [-0.05, 0) is 36.2 Å². The lowest BCUT2D eigenvalue weighted by molar-refractivity contribution is 0.0471. The monoisotopic (exact) mass is 244 g/mol. The van der Waals surface area contributed by atoms with Crippen LogP contribution in [0.25, 0.3) is 0 Å². The molecule has 0 saturated heterocycles. The lowest BCUT2D eigenvalue weighted by Gasteiger charge is -2.07. The van der Waals surface area contributed by atoms with Gasteiger partial charge in [-0.15, -0.1) is 0 Å². The Bertz CT molecular complexity index is 564. The summed E-state index contributed by atoms with van der Waals surface area (Å²) in [4.78, 5) is 11.8. The van der Waals surface area contributed by atoms with E-state index in [9.17, 15) is 9.18 Å². The molecule has 2 nitrogen and oxygen atoms in total. The van der Waals surface area contributed by atoms with Gasteiger partial charge in [0.2, 0.25) is 0 Å². The molecule has 0 aromatic heterocycles. The highest BCUT2D eigenvalue weighted by Gasteiger charge is 2.09. The topological polar surface area (TPSA) is 26.3 Å². The predicted octanol–water partition coefficient (Wildman–Crippen LogP) is 3.49. The van der Waals surface area contributed by atoms with E-state index in [4.69, 9.17) is 4.74 Å². The van der Waals surface area contributed by atoms with Gasteiger partial charge in [-0.2, -0.15) is 0 Å². The minimum atomic E-state index is -0.391. The van der Waals surface area contributed by atoms with Crippen molar-refractivity contribution >= 4 is 5.97 Å². The van der Waals surface area contributed by atoms with Gasteiger partial charge in [-0.25, -0.2) is 9.18 Å². The third-order valence-electron chi connectivity index (χ3n) is 2.62. The first kappa shape index (κ1) is 12.3. The average molecular weight is 244 g/mol. The Kier molecular flexibility index (Phi) is 3.72. The van der Waals surface area contributed by atoms with Crippen LogP contribution in [0.1, 0.15) is 21.5 Å². The molecule has 0 fully saturated rings. The molecule has 0 aliphatic carbocycles. The zero-order valence-electron chi connectivity index (χ0n) is 10.0. The standard InChI is InChI=1S/C15H13FO2/c1-11-5-2-3-8-14(11)15(17)18-10-12-6-4-7-13(16)9-12/h2-9H,10H2,1H3. The minimum absolute atomic E-state index is 0.0743. The fraction of sp³-hybridized carbons (Fsp3) is 0.133. The van der Waals surface area contributed by atoms with Gasteiger partial charge in [0.05, 0.1) is 5.56 Å². The molecular formula is C15H13FO2. The van der Waals surface area contributed by atoms with Crippen molar-refractivity contribution in [2.75, 3.05) is 0 Å². The summed E-state index contributed by atoms with van der Waals surface area (Å²) < 4.78 is 18.1. The van der Waals surface area contributed by atoms with Crippen molar-refractivity contribution in [2.24, 2.45) is 0 Å². The second-order valence-corrected chi connectivity index (χ2v) is 4.02. The third-order valence-corrected chi connectivity index (χ3v) is 2.62. The Balaban J connectivity index is 2.03. The van der Waals surface area contributed by atoms with E-state index in [0.29, 0.717) is 11.1 Å². The molecular weight excluding hydrogens is 231 g/mol. The predicted molar refractivity (Wildman–Crippen MR) is 66.7 cm³/mol. The van der Waals surface area contributed by atoms with Crippen LogP contribution >= 0.6 is 0 Å². The SMILES string of the molecule is Cc1ccccc1C(=O)OCc1cccc(F)c1. The molecule has 2 aromatic carbocycles. The van der Waals surface area contributed by atoms with Crippen LogP contribution in [0.2, 0.25) is 0 Å². The van der Waals surface area contributed by atoms with Crippen LogP contribution in [-0.2, 0) is 11.3 Å². The number of aryl methyl sites for hydroxylation is 1. The number of hydrogen-bond acceptors (Lipinski definition) is 2. The summed E-state index contributed by atoms with van der Waals surface area (Å²) in [5.41, 5.74) is 2.03. The highest BCUT2D eigenvalue weighted by atomic mass is 19.1. The van der Waals surface area contributed by atoms with Crippen LogP contribution in [0.15, 0.2) is 48.5 Å². The van der Waals surface area contributed by atoms with Crippen molar-refractivity contribution in [3.05, 3.63) is 71.0 Å². The molecule has 0 radical (unpaired) electrons. The van der Waals surface area contributed by atoms with Crippen molar-refractivity contribution in [3.63, 3.8) is 0 Å². The average Bonchev–Trinajstić information content (AvgIpc) is 2.37. The van der Waals surface area contributed by atoms with E-state index in [1.165, 1.54) is 12.1 Å². The lowest BCUT2D eigenvalue weighted by atomic mass is 10.1. The van der Waals surface area contributed by atoms with E-state index >= 15 is 0 Å². The normalized spacial score (nSPS) is 10.1. The lowest BCUT2D eigenvalue weighted by Crippen LogP contribution is -2.07. The summed E-state index contributed by atoms with van der Waals surface area (Å²) in [6.07, 6.45) is 0. The molecule has 0 N–H and O–H groups in total. The van der Waals surface area contributed by atoms with Crippen LogP contribution in [0.3, 0.4) is 0 Å². The van der Waals surface area contributed by atoms with E-state index in [1.54, 1.807) is 24.3 Å². The maximum Gasteiger partial charge on any atom is 0.338 e. The maximum absolute atomic E-state index is 12.9. The Hall–Kier alpha value is -2.16. The molecule has 92 valence electrons. The summed E-state index contributed by atoms with van der Waals surface area (Å²) in [6, 6.07) is 13.2. The van der Waals surface area contributed by atoms with Gasteiger partial charge in [-0.1, -0.05) is 30.3 Å². The van der Waals surface area contributed by atoms with Crippen molar-refractivity contribution in [1.29, 1.82) is 0 Å². The number of esters is 1. The van der Waals surface area contributed by atoms with Crippen LogP contribution in [0.4, 0.5) is 4.39 Å². The smallest absolute Gasteiger partial charge is 0.338 e. The molecule has 0 spiro atoms. The number of halogens is 1. The molecule has 2 aromatic rings. The summed E-state index contributed by atoms with van der Waals surface area (Å²) in [7, 11) is 0. The van der Waals surface area contributed by atoms with Gasteiger partial charge in [-0.3, -0.25) is 0 Å². The van der Waals surface area contributed by atoms with Crippen LogP contribution in [-0.4, -0.2) is 5.97 Å². The quantitative estimate of drug-likeness (QED) is 0.772. The van der Waals surface area contributed by atoms with E-state index in [1.807, 2.05) is 19.1 Å². The number of carbonyl (C=O) groups excluding carboxylic acids is 1. The van der Waals surface area contributed by atoms with Gasteiger partial charge in [0, 0.05) is 0 Å². The molecule has 0 amide bonds. The highest BCUT2D eigenvalue weighted by molar-refractivity contribution is 5.90. The van der Waals surface area contributed by atoms with Gasteiger partial charge < -0.3 is 4.74 Å². The zero-order chi connectivity index (χ0) is 13.0. The van der Waals surface area contributed by atoms with Crippen LogP contribution < -0.4 is 0 Å². The number of ether oxygens (including phenoxy) is 1. The van der Waals surface area contributed by atoms with E-state index in [2.05, 4.69) is 0 Å². The summed E-state index contributed by atoms with van der Waals surface area (Å²) in [5.74, 6) is -0.725. The Labute approximate surface area is 105 Å². The Morgan fingerprint density at radius 3 is 2.67 bits per heavy atom. The first-order chi connectivity index (χ1) is 8.66. The molecule has 18 heavy (non-hydrogen) atoms. The van der Waals surface area contributed by atoms with Gasteiger partial charge in [0.15, 0.2) is 0 Å². The molecule has 0 atom stereocenters. The van der Waals surface area contributed by atoms with Crippen LogP contribution in [0, 0.1) is 12.7 Å². The molecule has 3 heteroatoms. The highest BCUT2D eigenvalue weighted by Crippen LogP contribution is 2.11. The summed E-state index contributed by atoms with van der Waals surface area (Å²) >= 11 is 0. The largest absolute Gasteiger partial charge is 0.457 e. The second-order valence-electron chi connectivity index (χ2n) is 4.02. The summed E-state index contributed by atoms with van der Waals surface area (Å²) in [6.45, 7) is 1.92. The van der Waals surface area contributed by atoms with Crippen molar-refractivity contribution in [2.45, 2.75) is 13.5 Å². The molecule has 0 bridgehead atoms. The minimum Gasteiger partial charge on any atom is -0.457 e. The van der Waals surface area contributed by atoms with Gasteiger partial charge >= 0.3 is 5.97 Å². The number of benzene rings is 2. The van der Waals surface area contributed by atoms with E-state index in [-0.39, 0.29) is 12.4 Å². The summed E-state index contributed by atoms with van der Waals surface area (Å²) in [5, 5.41) is 0. The molecule has 0 saturated carbocycles. The molecule has 0 heterocycles. The molecule has 2 rings (SSSR count). The molecule has 0 aliphatic heterocycles. The van der Waals surface area contributed by atoms with Gasteiger partial charge in [0.25, 0.3) is 0 Å². The first-order valence-corrected chi connectivity index (χ1v) is 5.64. The van der Waals surface area contributed by atoms with Gasteiger partial charge in [0.1, 0.15) is 12.4 Å². The van der Waals surface area contributed by atoms with Crippen LogP contribution in [0.5, 0.6) is 0 Å². The molecule has 0 unspecified atom stereocenters. The first-order valence-electron chi connectivity index (χ1n) is 5.64. The second kappa shape index (κ2) is 5.45. The fourth-order valence-electron chi connectivity index (χ4n) is 1.66. The Morgan fingerprint density at radius 2 is 1.94 bits per heavy atom. The molecule has 0 aliphatic rings. The third kappa shape index (κ3) is 2.94. The Morgan fingerprint density at radius 1 is 1.17 bits per heavy atom. The zero-order valence-corrected chi connectivity index (χ0v) is 10.0. The number of carbonyl (C=O) groups is 1. The van der Waals surface area contributed by atoms with Crippen molar-refractivity contribution in [1.82, 2.24) is 0 Å². The number of rotatable bonds is 3. The van der Waals surface area contributed by atoms with E-state index in [0.717, 1.165) is 5.56 Å².